The van der Waals surface area contributed by atoms with Crippen LogP contribution in [0.15, 0.2) is 0 Å². The second kappa shape index (κ2) is 16.8. The Morgan fingerprint density at radius 3 is 1.19 bits per heavy atom. The van der Waals surface area contributed by atoms with Crippen LogP contribution in [0.25, 0.3) is 0 Å². The van der Waals surface area contributed by atoms with Crippen molar-refractivity contribution in [2.45, 2.75) is 116 Å². The first kappa shape index (κ1) is 35.8. The summed E-state index contributed by atoms with van der Waals surface area (Å²) in [5, 5.41) is 45.5. The molecule has 2 amide bonds. The second-order valence-electron chi connectivity index (χ2n) is 12.2. The number of hydrogen-bond acceptors (Lipinski definition) is 16. The minimum absolute atomic E-state index is 0.110. The Balaban J connectivity index is 0.000000188. The lowest BCUT2D eigenvalue weighted by Crippen LogP contribution is -2.12. The maximum atomic E-state index is 11.2. The molecule has 14 nitrogen and oxygen atoms in total. The van der Waals surface area contributed by atoms with Crippen molar-refractivity contribution in [3.63, 3.8) is 0 Å². The van der Waals surface area contributed by atoms with E-state index in [1.807, 2.05) is 0 Å². The number of carbonyl (C=O) groups excluding carboxylic acids is 4. The molecule has 2 saturated carbocycles. The second-order valence-corrected chi connectivity index (χ2v) is 16.4. The van der Waals surface area contributed by atoms with Crippen LogP contribution in [0.2, 0.25) is 0 Å². The number of aromatic nitrogens is 8. The van der Waals surface area contributed by atoms with Gasteiger partial charge in [-0.15, -0.1) is 63.5 Å². The molecule has 2 fully saturated rings. The number of hydrogen-bond donors (Lipinski definition) is 2. The van der Waals surface area contributed by atoms with Gasteiger partial charge in [-0.1, -0.05) is 35.5 Å². The first-order valence-corrected chi connectivity index (χ1v) is 19.1. The highest BCUT2D eigenvalue weighted by atomic mass is 32.1. The summed E-state index contributed by atoms with van der Waals surface area (Å²) in [4.78, 5) is 44.6. The van der Waals surface area contributed by atoms with Gasteiger partial charge in [0.25, 0.3) is 0 Å². The van der Waals surface area contributed by atoms with Crippen LogP contribution in [0.3, 0.4) is 0 Å². The maximum absolute atomic E-state index is 11.2. The molecular formula is C30H38N10O4S4. The monoisotopic (exact) mass is 730 g/mol. The van der Waals surface area contributed by atoms with Gasteiger partial charge in [0, 0.05) is 37.5 Å². The summed E-state index contributed by atoms with van der Waals surface area (Å²) in [6.07, 6.45) is 9.18. The first-order valence-electron chi connectivity index (χ1n) is 15.9. The summed E-state index contributed by atoms with van der Waals surface area (Å²) >= 11 is 5.99. The Hall–Kier alpha value is -3.48. The largest absolute Gasteiger partial charge is 0.301 e. The molecule has 0 radical (unpaired) electrons. The molecule has 18 heteroatoms. The molecule has 2 N–H and O–H groups in total. The van der Waals surface area contributed by atoms with Crippen LogP contribution in [0.1, 0.15) is 133 Å². The predicted molar refractivity (Wildman–Crippen MR) is 185 cm³/mol. The zero-order valence-electron chi connectivity index (χ0n) is 27.2. The van der Waals surface area contributed by atoms with Crippen LogP contribution >= 0.6 is 45.3 Å². The van der Waals surface area contributed by atoms with Gasteiger partial charge in [0.15, 0.2) is 0 Å². The van der Waals surface area contributed by atoms with Gasteiger partial charge in [-0.3, -0.25) is 19.2 Å². The molecule has 2 aliphatic carbocycles. The Kier molecular flexibility index (Phi) is 12.5. The molecule has 0 bridgehead atoms. The number of amides is 2. The summed E-state index contributed by atoms with van der Waals surface area (Å²) in [5.74, 6) is 1.34. The SMILES string of the molecule is CC(=O)Cc1nnc([C@@H]2CCC[C@@H](c3nnc(NC(C)=O)s3)C2)s1.CC(=O)Cc1nnc([C@H]2CCCC(c3nnc(NC(C)=O)s3)C2)s1. The van der Waals surface area contributed by atoms with Gasteiger partial charge in [0.1, 0.15) is 41.6 Å². The lowest BCUT2D eigenvalue weighted by Gasteiger charge is -2.25. The number of Topliss-reactive ketones (excluding diaryl/α,β-unsaturated/α-hetero) is 2. The molecule has 0 aromatic carbocycles. The zero-order chi connectivity index (χ0) is 34.2. The smallest absolute Gasteiger partial charge is 0.223 e. The molecule has 256 valence electrons. The quantitative estimate of drug-likeness (QED) is 0.198. The standard InChI is InChI=1S/2C15H19N5O2S2/c2*1-8(21)6-12-17-18-13(23-12)10-4-3-5-11(7-10)14-19-20-15(24-14)16-9(2)22/h2*10-11H,3-7H2,1-2H3,(H,16,20,22)/t10-,11?;10-,11-/m01/s1. The Morgan fingerprint density at radius 1 is 0.521 bits per heavy atom. The number of nitrogens with zero attached hydrogens (tertiary/aromatic N) is 8. The summed E-state index contributed by atoms with van der Waals surface area (Å²) in [6.45, 7) is 6.07. The Labute approximate surface area is 294 Å². The molecule has 0 saturated heterocycles. The molecular weight excluding hydrogens is 693 g/mol. The molecule has 1 unspecified atom stereocenters. The molecule has 4 heterocycles. The minimum Gasteiger partial charge on any atom is -0.301 e. The van der Waals surface area contributed by atoms with Crippen molar-refractivity contribution in [1.82, 2.24) is 40.8 Å². The van der Waals surface area contributed by atoms with Crippen LogP contribution in [0.4, 0.5) is 10.3 Å². The normalized spacial score (nSPS) is 20.8. The van der Waals surface area contributed by atoms with E-state index < -0.39 is 0 Å². The molecule has 2 aliphatic rings. The molecule has 0 spiro atoms. The Morgan fingerprint density at radius 2 is 0.854 bits per heavy atom. The van der Waals surface area contributed by atoms with Crippen LogP contribution < -0.4 is 10.6 Å². The highest BCUT2D eigenvalue weighted by Gasteiger charge is 2.30. The molecule has 48 heavy (non-hydrogen) atoms. The van der Waals surface area contributed by atoms with E-state index in [1.165, 1.54) is 36.5 Å². The van der Waals surface area contributed by atoms with Crippen molar-refractivity contribution in [1.29, 1.82) is 0 Å². The summed E-state index contributed by atoms with van der Waals surface area (Å²) < 4.78 is 0. The van der Waals surface area contributed by atoms with Gasteiger partial charge < -0.3 is 10.6 Å². The van der Waals surface area contributed by atoms with Gasteiger partial charge >= 0.3 is 0 Å². The van der Waals surface area contributed by atoms with Crippen LogP contribution in [-0.4, -0.2) is 64.2 Å². The van der Waals surface area contributed by atoms with E-state index in [0.29, 0.717) is 46.8 Å². The minimum atomic E-state index is -0.133. The van der Waals surface area contributed by atoms with Crippen molar-refractivity contribution in [2.24, 2.45) is 0 Å². The molecule has 4 aromatic rings. The van der Waals surface area contributed by atoms with E-state index >= 15 is 0 Å². The number of rotatable bonds is 10. The van der Waals surface area contributed by atoms with Crippen molar-refractivity contribution >= 4 is 79.0 Å². The first-order chi connectivity index (χ1) is 23.0. The number of anilines is 2. The van der Waals surface area contributed by atoms with Crippen LogP contribution in [0.5, 0.6) is 0 Å². The van der Waals surface area contributed by atoms with E-state index in [4.69, 9.17) is 0 Å². The zero-order valence-corrected chi connectivity index (χ0v) is 30.5. The maximum Gasteiger partial charge on any atom is 0.223 e. The van der Waals surface area contributed by atoms with Gasteiger partial charge in [-0.2, -0.15) is 0 Å². The fraction of sp³-hybridized carbons (Fsp3) is 0.600. The van der Waals surface area contributed by atoms with Gasteiger partial charge in [0.05, 0.1) is 12.8 Å². The third kappa shape index (κ3) is 10.3. The Bertz CT molecular complexity index is 1490. The van der Waals surface area contributed by atoms with Gasteiger partial charge in [0.2, 0.25) is 22.1 Å². The van der Waals surface area contributed by atoms with Crippen LogP contribution in [-0.2, 0) is 32.0 Å². The third-order valence-electron chi connectivity index (χ3n) is 7.96. The lowest BCUT2D eigenvalue weighted by molar-refractivity contribution is -0.117. The average Bonchev–Trinajstić information content (AvgIpc) is 3.85. The molecule has 4 aromatic heterocycles. The number of carbonyl (C=O) groups is 4. The summed E-state index contributed by atoms with van der Waals surface area (Å²) in [7, 11) is 0. The van der Waals surface area contributed by atoms with E-state index in [9.17, 15) is 19.2 Å². The van der Waals surface area contributed by atoms with Crippen molar-refractivity contribution in [3.8, 4) is 0 Å². The van der Waals surface area contributed by atoms with Gasteiger partial charge in [-0.05, 0) is 52.4 Å². The predicted octanol–water partition coefficient (Wildman–Crippen LogP) is 5.84. The van der Waals surface area contributed by atoms with Crippen molar-refractivity contribution in [2.75, 3.05) is 10.6 Å². The number of nitrogens with one attached hydrogen (secondary N) is 2. The van der Waals surface area contributed by atoms with Crippen LogP contribution in [0, 0.1) is 0 Å². The van der Waals surface area contributed by atoms with E-state index in [1.54, 1.807) is 36.5 Å². The summed E-state index contributed by atoms with van der Waals surface area (Å²) in [5.41, 5.74) is 0. The fourth-order valence-corrected chi connectivity index (χ4v) is 9.91. The molecule has 4 atom stereocenters. The van der Waals surface area contributed by atoms with E-state index in [-0.39, 0.29) is 23.4 Å². The van der Waals surface area contributed by atoms with E-state index in [2.05, 4.69) is 51.4 Å². The third-order valence-corrected chi connectivity index (χ3v) is 12.1. The summed E-state index contributed by atoms with van der Waals surface area (Å²) in [6, 6.07) is 0. The van der Waals surface area contributed by atoms with Crippen molar-refractivity contribution in [3.05, 3.63) is 30.0 Å². The lowest BCUT2D eigenvalue weighted by atomic mass is 9.82. The van der Waals surface area contributed by atoms with Crippen molar-refractivity contribution < 1.29 is 19.2 Å². The highest BCUT2D eigenvalue weighted by molar-refractivity contribution is 7.15. The molecule has 0 aliphatic heterocycles. The average molecular weight is 731 g/mol. The fourth-order valence-electron chi connectivity index (χ4n) is 5.91. The highest BCUT2D eigenvalue weighted by Crippen LogP contribution is 2.44. The topological polar surface area (TPSA) is 195 Å². The van der Waals surface area contributed by atoms with E-state index in [0.717, 1.165) is 81.4 Å². The number of ketones is 2. The van der Waals surface area contributed by atoms with Gasteiger partial charge in [-0.25, -0.2) is 0 Å². The molecule has 6 rings (SSSR count).